The van der Waals surface area contributed by atoms with E-state index in [1.807, 2.05) is 35.2 Å². The number of hydrogen-bond donors (Lipinski definition) is 0. The van der Waals surface area contributed by atoms with Gasteiger partial charge in [0.15, 0.2) is 4.34 Å². The molecule has 1 saturated heterocycles. The van der Waals surface area contributed by atoms with Crippen molar-refractivity contribution in [3.63, 3.8) is 0 Å². The van der Waals surface area contributed by atoms with Crippen LogP contribution in [0.3, 0.4) is 0 Å². The normalized spacial score (nSPS) is 31.4. The van der Waals surface area contributed by atoms with E-state index in [0.29, 0.717) is 12.0 Å². The molecule has 2 fully saturated rings. The fourth-order valence-corrected chi connectivity index (χ4v) is 8.09. The minimum Gasteiger partial charge on any atom is -0.497 e. The van der Waals surface area contributed by atoms with Crippen LogP contribution < -0.4 is 4.74 Å². The molecule has 0 bridgehead atoms. The number of para-hydroxylation sites is 1. The summed E-state index contributed by atoms with van der Waals surface area (Å²) in [5, 5.41) is 0. The Kier molecular flexibility index (Phi) is 5.55. The quantitative estimate of drug-likeness (QED) is 0.433. The molecule has 158 valence electrons. The number of thioether (sulfide) groups is 1. The van der Waals surface area contributed by atoms with Gasteiger partial charge in [0.25, 0.3) is 0 Å². The van der Waals surface area contributed by atoms with E-state index in [1.165, 1.54) is 27.4 Å². The molecule has 3 nitrogen and oxygen atoms in total. The molecule has 3 aromatic rings. The highest BCUT2D eigenvalue weighted by molar-refractivity contribution is 8.02. The van der Waals surface area contributed by atoms with Gasteiger partial charge in [-0.2, -0.15) is 0 Å². The van der Waals surface area contributed by atoms with E-state index < -0.39 is 0 Å². The molecule has 1 aromatic heterocycles. The van der Waals surface area contributed by atoms with Crippen LogP contribution in [0.5, 0.6) is 5.75 Å². The predicted molar refractivity (Wildman–Crippen MR) is 126 cm³/mol. The van der Waals surface area contributed by atoms with Crippen LogP contribution in [0.15, 0.2) is 52.9 Å². The Morgan fingerprint density at radius 3 is 2.70 bits per heavy atom. The zero-order valence-corrected chi connectivity index (χ0v) is 19.5. The number of nitrogens with zero attached hydrogens (tertiary/aromatic N) is 1. The van der Waals surface area contributed by atoms with Gasteiger partial charge in [0.05, 0.1) is 29.5 Å². The van der Waals surface area contributed by atoms with Gasteiger partial charge in [0, 0.05) is 10.7 Å². The van der Waals surface area contributed by atoms with Gasteiger partial charge in [-0.25, -0.2) is 4.98 Å². The largest absolute Gasteiger partial charge is 0.497 e. The monoisotopic (exact) mass is 439 g/mol. The summed E-state index contributed by atoms with van der Waals surface area (Å²) >= 11 is 3.81. The van der Waals surface area contributed by atoms with E-state index >= 15 is 0 Å². The van der Waals surface area contributed by atoms with Crippen LogP contribution in [0.2, 0.25) is 0 Å². The van der Waals surface area contributed by atoms with E-state index in [2.05, 4.69) is 50.2 Å². The fourth-order valence-electron chi connectivity index (χ4n) is 5.18. The van der Waals surface area contributed by atoms with Crippen molar-refractivity contribution in [2.45, 2.75) is 60.8 Å². The summed E-state index contributed by atoms with van der Waals surface area (Å²) < 4.78 is 14.7. The van der Waals surface area contributed by atoms with Crippen molar-refractivity contribution in [1.82, 2.24) is 4.98 Å². The van der Waals surface area contributed by atoms with Crippen LogP contribution in [-0.2, 0) is 4.74 Å². The zero-order chi connectivity index (χ0) is 20.7. The van der Waals surface area contributed by atoms with E-state index in [-0.39, 0.29) is 10.9 Å². The van der Waals surface area contributed by atoms with Crippen LogP contribution in [0.4, 0.5) is 0 Å². The van der Waals surface area contributed by atoms with E-state index in [9.17, 15) is 0 Å². The Hall–Kier alpha value is -1.56. The van der Waals surface area contributed by atoms with Crippen LogP contribution in [0, 0.1) is 11.8 Å². The van der Waals surface area contributed by atoms with Crippen molar-refractivity contribution in [3.8, 4) is 5.75 Å². The molecule has 5 heteroatoms. The Balaban J connectivity index is 1.46. The summed E-state index contributed by atoms with van der Waals surface area (Å²) in [6.45, 7) is 4.82. The second kappa shape index (κ2) is 8.18. The molecule has 1 aliphatic heterocycles. The second-order valence-corrected chi connectivity index (χ2v) is 11.8. The van der Waals surface area contributed by atoms with E-state index in [4.69, 9.17) is 14.5 Å². The number of fused-ring (bicyclic) bond motifs is 2. The maximum atomic E-state index is 6.74. The SMILES string of the molecule is COc1ccc([C@H]2C[C@](C)(Sc3nc4ccccc4s3)[C@@H]3CC[C@@H](C)C[C@H]3O2)cc1. The smallest absolute Gasteiger partial charge is 0.151 e. The molecule has 5 atom stereocenters. The molecular weight excluding hydrogens is 410 g/mol. The van der Waals surface area contributed by atoms with Crippen molar-refractivity contribution in [2.75, 3.05) is 7.11 Å². The minimum atomic E-state index is 0.113. The number of ether oxygens (including phenoxy) is 2. The van der Waals surface area contributed by atoms with Crippen molar-refractivity contribution < 1.29 is 9.47 Å². The van der Waals surface area contributed by atoms with Crippen LogP contribution >= 0.6 is 23.1 Å². The first-order valence-electron chi connectivity index (χ1n) is 10.9. The third-order valence-corrected chi connectivity index (χ3v) is 9.38. The van der Waals surface area contributed by atoms with Gasteiger partial charge in [-0.1, -0.05) is 49.4 Å². The molecule has 0 radical (unpaired) electrons. The Morgan fingerprint density at radius 1 is 1.13 bits per heavy atom. The van der Waals surface area contributed by atoms with Gasteiger partial charge in [-0.05, 0) is 61.9 Å². The third-order valence-electron chi connectivity index (χ3n) is 6.85. The van der Waals surface area contributed by atoms with Crippen molar-refractivity contribution in [3.05, 3.63) is 54.1 Å². The van der Waals surface area contributed by atoms with Gasteiger partial charge < -0.3 is 9.47 Å². The highest BCUT2D eigenvalue weighted by atomic mass is 32.2. The number of thiazole rings is 1. The number of hydrogen-bond acceptors (Lipinski definition) is 5. The minimum absolute atomic E-state index is 0.113. The summed E-state index contributed by atoms with van der Waals surface area (Å²) in [7, 11) is 1.71. The van der Waals surface area contributed by atoms with E-state index in [1.54, 1.807) is 7.11 Å². The maximum absolute atomic E-state index is 6.74. The second-order valence-electron chi connectivity index (χ2n) is 9.03. The number of aromatic nitrogens is 1. The highest BCUT2D eigenvalue weighted by Gasteiger charge is 2.49. The number of rotatable bonds is 4. The molecule has 0 unspecified atom stereocenters. The van der Waals surface area contributed by atoms with Gasteiger partial charge in [-0.3, -0.25) is 0 Å². The molecule has 2 aliphatic rings. The lowest BCUT2D eigenvalue weighted by atomic mass is 9.70. The third kappa shape index (κ3) is 3.88. The standard InChI is InChI=1S/C25H29NO2S2/c1-16-8-13-19-21(14-16)28-22(17-9-11-18(27-3)12-10-17)15-25(19,2)30-24-26-20-6-4-5-7-23(20)29-24/h4-7,9-12,16,19,21-22H,8,13-15H2,1-3H3/t16-,19-,21-,22-,25+/m1/s1. The van der Waals surface area contributed by atoms with Gasteiger partial charge in [0.2, 0.25) is 0 Å². The summed E-state index contributed by atoms with van der Waals surface area (Å²) in [4.78, 5) is 4.95. The summed E-state index contributed by atoms with van der Waals surface area (Å²) in [5.74, 6) is 2.20. The van der Waals surface area contributed by atoms with Crippen molar-refractivity contribution in [2.24, 2.45) is 11.8 Å². The molecular formula is C25H29NO2S2. The lowest BCUT2D eigenvalue weighted by Crippen LogP contribution is -2.49. The molecule has 0 N–H and O–H groups in total. The summed E-state index contributed by atoms with van der Waals surface area (Å²) in [5.41, 5.74) is 2.37. The van der Waals surface area contributed by atoms with Gasteiger partial charge in [-0.15, -0.1) is 11.3 Å². The maximum Gasteiger partial charge on any atom is 0.151 e. The van der Waals surface area contributed by atoms with E-state index in [0.717, 1.165) is 30.0 Å². The average Bonchev–Trinajstić information content (AvgIpc) is 3.15. The molecule has 1 saturated carbocycles. The first kappa shape index (κ1) is 20.3. The van der Waals surface area contributed by atoms with Gasteiger partial charge >= 0.3 is 0 Å². The Labute approximate surface area is 187 Å². The van der Waals surface area contributed by atoms with Crippen molar-refractivity contribution >= 4 is 33.3 Å². The molecule has 30 heavy (non-hydrogen) atoms. The average molecular weight is 440 g/mol. The predicted octanol–water partition coefficient (Wildman–Crippen LogP) is 7.12. The molecule has 1 aliphatic carbocycles. The Morgan fingerprint density at radius 2 is 1.93 bits per heavy atom. The topological polar surface area (TPSA) is 31.4 Å². The highest BCUT2D eigenvalue weighted by Crippen LogP contribution is 2.56. The molecule has 0 spiro atoms. The molecule has 2 aromatic carbocycles. The first-order chi connectivity index (χ1) is 14.5. The summed E-state index contributed by atoms with van der Waals surface area (Å²) in [6, 6.07) is 16.9. The summed E-state index contributed by atoms with van der Waals surface area (Å²) in [6.07, 6.45) is 5.15. The number of benzene rings is 2. The lowest BCUT2D eigenvalue weighted by Gasteiger charge is -2.51. The van der Waals surface area contributed by atoms with Crippen LogP contribution in [0.25, 0.3) is 10.2 Å². The lowest BCUT2D eigenvalue weighted by molar-refractivity contribution is -0.122. The number of methoxy groups -OCH3 is 1. The van der Waals surface area contributed by atoms with Gasteiger partial charge in [0.1, 0.15) is 5.75 Å². The van der Waals surface area contributed by atoms with Crippen LogP contribution in [0.1, 0.15) is 51.2 Å². The van der Waals surface area contributed by atoms with Crippen LogP contribution in [-0.4, -0.2) is 22.9 Å². The molecule has 2 heterocycles. The zero-order valence-electron chi connectivity index (χ0n) is 17.8. The Bertz CT molecular complexity index is 984. The van der Waals surface area contributed by atoms with Crippen molar-refractivity contribution in [1.29, 1.82) is 0 Å². The molecule has 0 amide bonds. The molecule has 5 rings (SSSR count). The fraction of sp³-hybridized carbons (Fsp3) is 0.480. The first-order valence-corrected chi connectivity index (χ1v) is 12.5.